The van der Waals surface area contributed by atoms with Crippen LogP contribution in [0.15, 0.2) is 243 Å². The molecule has 316 valence electrons. The quantitative estimate of drug-likeness (QED) is 0.167. The van der Waals surface area contributed by atoms with E-state index in [0.717, 1.165) is 38.9 Å². The third-order valence-electron chi connectivity index (χ3n) is 14.3. The van der Waals surface area contributed by atoms with Crippen LogP contribution in [0.5, 0.6) is 0 Å². The SMILES string of the molecule is c1ccc(-c2ccc(-c3cccc(-c4nc(-c5ccccc5)nc(-c5ccc(-c6ccc7c(c6)C6(c8ccccc8-7)c7ccccc7-n7c8ccccc8c8cccc6c87)cc5)n4)c3)cc2)cc1. The highest BCUT2D eigenvalue weighted by atomic mass is 15.0. The second-order valence-electron chi connectivity index (χ2n) is 17.9. The van der Waals surface area contributed by atoms with Gasteiger partial charge in [-0.2, -0.15) is 0 Å². The van der Waals surface area contributed by atoms with Crippen molar-refractivity contribution in [3.63, 3.8) is 0 Å². The van der Waals surface area contributed by atoms with Gasteiger partial charge in [0.05, 0.1) is 22.1 Å². The van der Waals surface area contributed by atoms with Gasteiger partial charge in [0.1, 0.15) is 0 Å². The van der Waals surface area contributed by atoms with Gasteiger partial charge >= 0.3 is 0 Å². The second kappa shape index (κ2) is 15.0. The molecule has 10 aromatic carbocycles. The van der Waals surface area contributed by atoms with Gasteiger partial charge in [0.25, 0.3) is 0 Å². The summed E-state index contributed by atoms with van der Waals surface area (Å²) < 4.78 is 2.50. The maximum atomic E-state index is 5.17. The van der Waals surface area contributed by atoms with Crippen molar-refractivity contribution in [2.75, 3.05) is 0 Å². The van der Waals surface area contributed by atoms with Gasteiger partial charge in [-0.1, -0.05) is 218 Å². The molecule has 0 bridgehead atoms. The van der Waals surface area contributed by atoms with Crippen molar-refractivity contribution in [1.29, 1.82) is 0 Å². The first kappa shape index (κ1) is 38.3. The Balaban J connectivity index is 0.876. The van der Waals surface area contributed by atoms with Gasteiger partial charge in [-0.3, -0.25) is 0 Å². The average molecular weight is 865 g/mol. The molecule has 12 aromatic rings. The maximum absolute atomic E-state index is 5.17. The van der Waals surface area contributed by atoms with Crippen molar-refractivity contribution in [3.05, 3.63) is 265 Å². The Morgan fingerprint density at radius 2 is 0.735 bits per heavy atom. The van der Waals surface area contributed by atoms with Gasteiger partial charge < -0.3 is 4.57 Å². The summed E-state index contributed by atoms with van der Waals surface area (Å²) in [5.41, 5.74) is 20.7. The minimum absolute atomic E-state index is 0.513. The van der Waals surface area contributed by atoms with E-state index in [9.17, 15) is 0 Å². The first-order valence-corrected chi connectivity index (χ1v) is 23.3. The largest absolute Gasteiger partial charge is 0.309 e. The Kier molecular flexibility index (Phi) is 8.46. The van der Waals surface area contributed by atoms with E-state index in [0.29, 0.717) is 17.5 Å². The summed E-state index contributed by atoms with van der Waals surface area (Å²) in [6.07, 6.45) is 0. The van der Waals surface area contributed by atoms with Crippen LogP contribution in [0.2, 0.25) is 0 Å². The van der Waals surface area contributed by atoms with Crippen LogP contribution in [0, 0.1) is 0 Å². The molecule has 14 rings (SSSR count). The highest BCUT2D eigenvalue weighted by Gasteiger charge is 2.50. The molecule has 0 saturated carbocycles. The van der Waals surface area contributed by atoms with E-state index in [2.05, 4.69) is 223 Å². The molecule has 3 heterocycles. The molecule has 0 radical (unpaired) electrons. The topological polar surface area (TPSA) is 43.6 Å². The molecule has 68 heavy (non-hydrogen) atoms. The van der Waals surface area contributed by atoms with Gasteiger partial charge in [-0.25, -0.2) is 15.0 Å². The number of rotatable bonds is 6. The van der Waals surface area contributed by atoms with Crippen LogP contribution < -0.4 is 0 Å². The molecule has 1 aliphatic heterocycles. The zero-order chi connectivity index (χ0) is 44.8. The minimum Gasteiger partial charge on any atom is -0.309 e. The Labute approximate surface area is 394 Å². The molecule has 2 aliphatic rings. The van der Waals surface area contributed by atoms with E-state index in [-0.39, 0.29) is 0 Å². The molecule has 2 aromatic heterocycles. The molecule has 4 nitrogen and oxygen atoms in total. The fraction of sp³-hybridized carbons (Fsp3) is 0.0156. The van der Waals surface area contributed by atoms with Crippen LogP contribution >= 0.6 is 0 Å². The molecule has 0 amide bonds. The summed E-state index contributed by atoms with van der Waals surface area (Å²) in [5, 5.41) is 2.55. The van der Waals surface area contributed by atoms with Gasteiger partial charge in [-0.15, -0.1) is 0 Å². The molecular weight excluding hydrogens is 825 g/mol. The maximum Gasteiger partial charge on any atom is 0.164 e. The summed E-state index contributed by atoms with van der Waals surface area (Å²) in [7, 11) is 0. The molecule has 1 spiro atoms. The zero-order valence-corrected chi connectivity index (χ0v) is 36.9. The second-order valence-corrected chi connectivity index (χ2v) is 17.9. The highest BCUT2D eigenvalue weighted by molar-refractivity contribution is 6.13. The first-order chi connectivity index (χ1) is 33.7. The van der Waals surface area contributed by atoms with E-state index >= 15 is 0 Å². The lowest BCUT2D eigenvalue weighted by atomic mass is 9.65. The van der Waals surface area contributed by atoms with Crippen LogP contribution in [0.1, 0.15) is 22.3 Å². The molecule has 1 aliphatic carbocycles. The third-order valence-corrected chi connectivity index (χ3v) is 14.3. The van der Waals surface area contributed by atoms with Crippen LogP contribution in [-0.4, -0.2) is 19.5 Å². The van der Waals surface area contributed by atoms with Crippen molar-refractivity contribution in [3.8, 4) is 84.4 Å². The predicted octanol–water partition coefficient (Wildman–Crippen LogP) is 15.6. The number of fused-ring (bicyclic) bond motifs is 12. The summed E-state index contributed by atoms with van der Waals surface area (Å²) >= 11 is 0. The van der Waals surface area contributed by atoms with E-state index in [1.165, 1.54) is 72.0 Å². The molecule has 4 heteroatoms. The number of aromatic nitrogens is 4. The summed E-state index contributed by atoms with van der Waals surface area (Å²) in [6, 6.07) is 87.6. The smallest absolute Gasteiger partial charge is 0.164 e. The Bertz CT molecular complexity index is 3950. The van der Waals surface area contributed by atoms with Gasteiger partial charge in [-0.05, 0) is 91.0 Å². The minimum atomic E-state index is -0.513. The molecular formula is C64H40N4. The third kappa shape index (κ3) is 5.71. The van der Waals surface area contributed by atoms with Crippen molar-refractivity contribution >= 4 is 21.8 Å². The summed E-state index contributed by atoms with van der Waals surface area (Å²) in [6.45, 7) is 0. The van der Waals surface area contributed by atoms with Crippen molar-refractivity contribution in [2.24, 2.45) is 0 Å². The Morgan fingerprint density at radius 1 is 0.279 bits per heavy atom. The monoisotopic (exact) mass is 864 g/mol. The normalized spacial score (nSPS) is 14.2. The number of para-hydroxylation sites is 3. The molecule has 0 fully saturated rings. The number of hydrogen-bond acceptors (Lipinski definition) is 3. The zero-order valence-electron chi connectivity index (χ0n) is 36.9. The Hall–Kier alpha value is -8.99. The van der Waals surface area contributed by atoms with E-state index in [1.54, 1.807) is 0 Å². The summed E-state index contributed by atoms with van der Waals surface area (Å²) in [4.78, 5) is 15.3. The first-order valence-electron chi connectivity index (χ1n) is 23.3. The van der Waals surface area contributed by atoms with Crippen molar-refractivity contribution < 1.29 is 0 Å². The van der Waals surface area contributed by atoms with Crippen LogP contribution in [0.4, 0.5) is 0 Å². The molecule has 0 saturated heterocycles. The highest BCUT2D eigenvalue weighted by Crippen LogP contribution is 2.61. The lowest BCUT2D eigenvalue weighted by Crippen LogP contribution is -2.33. The Morgan fingerprint density at radius 3 is 1.49 bits per heavy atom. The summed E-state index contributed by atoms with van der Waals surface area (Å²) in [5.74, 6) is 1.90. The van der Waals surface area contributed by atoms with E-state index in [4.69, 9.17) is 15.0 Å². The fourth-order valence-corrected chi connectivity index (χ4v) is 11.2. The van der Waals surface area contributed by atoms with Gasteiger partial charge in [0.15, 0.2) is 17.5 Å². The molecule has 1 unspecified atom stereocenters. The standard InChI is InChI=1S/C64H40N4/c1-3-15-41(16-4-1)42-29-31-43(32-30-42)47-19-13-20-49(39-47)63-66-61(45-17-5-2-6-18-45)65-62(67-63)46-35-33-44(34-36-46)48-37-38-51-50-21-7-9-24-54(50)64(57(51)40-48)55-25-10-12-28-59(55)68-58-27-11-8-22-52(58)53-23-14-26-56(64)60(53)68/h1-40H. The number of benzene rings is 10. The van der Waals surface area contributed by atoms with Crippen LogP contribution in [0.25, 0.3) is 106 Å². The lowest BCUT2D eigenvalue weighted by molar-refractivity contribution is 0.749. The van der Waals surface area contributed by atoms with Crippen molar-refractivity contribution in [1.82, 2.24) is 19.5 Å². The predicted molar refractivity (Wildman–Crippen MR) is 278 cm³/mol. The fourth-order valence-electron chi connectivity index (χ4n) is 11.2. The molecule has 1 atom stereocenters. The average Bonchev–Trinajstić information content (AvgIpc) is 3.92. The van der Waals surface area contributed by atoms with Gasteiger partial charge in [0.2, 0.25) is 0 Å². The van der Waals surface area contributed by atoms with E-state index < -0.39 is 5.41 Å². The van der Waals surface area contributed by atoms with Crippen LogP contribution in [0.3, 0.4) is 0 Å². The van der Waals surface area contributed by atoms with E-state index in [1.807, 2.05) is 24.3 Å². The van der Waals surface area contributed by atoms with Gasteiger partial charge in [0, 0.05) is 27.5 Å². The van der Waals surface area contributed by atoms with Crippen molar-refractivity contribution in [2.45, 2.75) is 5.41 Å². The molecule has 0 N–H and O–H groups in total. The number of nitrogens with zero attached hydrogens (tertiary/aromatic N) is 4. The number of hydrogen-bond donors (Lipinski definition) is 0. The lowest BCUT2D eigenvalue weighted by Gasteiger charge is -2.39. The van der Waals surface area contributed by atoms with Crippen LogP contribution in [-0.2, 0) is 5.41 Å².